The van der Waals surface area contributed by atoms with E-state index in [1.165, 1.54) is 0 Å². The number of hydrogen-bond donors (Lipinski definition) is 1. The highest BCUT2D eigenvalue weighted by atomic mass is 15.1. The smallest absolute Gasteiger partial charge is 0.0602 e. The Bertz CT molecular complexity index is 337. The first-order valence-corrected chi connectivity index (χ1v) is 5.59. The lowest BCUT2D eigenvalue weighted by molar-refractivity contribution is 0.296. The molecule has 0 bridgehead atoms. The molecule has 0 fully saturated rings. The third kappa shape index (κ3) is 4.01. The van der Waals surface area contributed by atoms with Crippen LogP contribution in [-0.2, 0) is 13.1 Å². The van der Waals surface area contributed by atoms with Crippen molar-refractivity contribution in [3.05, 3.63) is 29.6 Å². The van der Waals surface area contributed by atoms with Crippen molar-refractivity contribution in [1.29, 1.82) is 0 Å². The summed E-state index contributed by atoms with van der Waals surface area (Å²) in [5.74, 6) is 2.67. The molecule has 0 amide bonds. The molecule has 0 aliphatic carbocycles. The van der Waals surface area contributed by atoms with Crippen LogP contribution in [0.25, 0.3) is 0 Å². The zero-order valence-electron chi connectivity index (χ0n) is 9.82. The summed E-state index contributed by atoms with van der Waals surface area (Å²) in [5.41, 5.74) is 7.62. The fourth-order valence-corrected chi connectivity index (χ4v) is 1.56. The molecule has 0 saturated carbocycles. The minimum atomic E-state index is 0.538. The first-order chi connectivity index (χ1) is 7.80. The molecule has 0 aliphatic rings. The number of nitrogens with two attached hydrogens (primary N) is 1. The van der Waals surface area contributed by atoms with Gasteiger partial charge in [-0.1, -0.05) is 18.9 Å². The number of terminal acetylenes is 1. The van der Waals surface area contributed by atoms with Crippen molar-refractivity contribution < 1.29 is 0 Å². The largest absolute Gasteiger partial charge is 0.326 e. The van der Waals surface area contributed by atoms with Crippen LogP contribution in [0, 0.1) is 12.3 Å². The Labute approximate surface area is 97.7 Å². The second-order valence-corrected chi connectivity index (χ2v) is 3.78. The summed E-state index contributed by atoms with van der Waals surface area (Å²) in [4.78, 5) is 6.58. The lowest BCUT2D eigenvalue weighted by atomic mass is 10.2. The van der Waals surface area contributed by atoms with E-state index in [0.29, 0.717) is 13.1 Å². The van der Waals surface area contributed by atoms with Crippen LogP contribution in [-0.4, -0.2) is 23.0 Å². The van der Waals surface area contributed by atoms with Crippen LogP contribution in [0.15, 0.2) is 18.3 Å². The predicted octanol–water partition coefficient (Wildman–Crippen LogP) is 1.39. The van der Waals surface area contributed by atoms with Gasteiger partial charge in [-0.3, -0.25) is 9.88 Å². The van der Waals surface area contributed by atoms with E-state index in [9.17, 15) is 0 Å². The lowest BCUT2D eigenvalue weighted by Gasteiger charge is -2.18. The second kappa shape index (κ2) is 7.00. The van der Waals surface area contributed by atoms with Crippen molar-refractivity contribution in [3.8, 4) is 12.3 Å². The molecule has 1 aromatic rings. The molecule has 0 aliphatic heterocycles. The molecular formula is C13H19N3. The van der Waals surface area contributed by atoms with E-state index in [0.717, 1.165) is 30.8 Å². The average molecular weight is 217 g/mol. The maximum absolute atomic E-state index is 5.52. The second-order valence-electron chi connectivity index (χ2n) is 3.78. The summed E-state index contributed by atoms with van der Waals surface area (Å²) in [6.45, 7) is 5.17. The molecule has 0 saturated heterocycles. The van der Waals surface area contributed by atoms with Gasteiger partial charge in [0.15, 0.2) is 0 Å². The van der Waals surface area contributed by atoms with Crippen LogP contribution < -0.4 is 5.73 Å². The summed E-state index contributed by atoms with van der Waals surface area (Å²) in [5, 5.41) is 0. The fraction of sp³-hybridized carbons (Fsp3) is 0.462. The van der Waals surface area contributed by atoms with Crippen molar-refractivity contribution in [2.75, 3.05) is 13.1 Å². The van der Waals surface area contributed by atoms with E-state index in [1.54, 1.807) is 0 Å². The van der Waals surface area contributed by atoms with E-state index in [1.807, 2.05) is 18.3 Å². The van der Waals surface area contributed by atoms with Gasteiger partial charge in [0.25, 0.3) is 0 Å². The fourth-order valence-electron chi connectivity index (χ4n) is 1.56. The third-order valence-corrected chi connectivity index (χ3v) is 2.36. The van der Waals surface area contributed by atoms with Crippen LogP contribution in [0.4, 0.5) is 0 Å². The van der Waals surface area contributed by atoms with E-state index in [4.69, 9.17) is 12.2 Å². The normalized spacial score (nSPS) is 10.4. The van der Waals surface area contributed by atoms with Crippen LogP contribution >= 0.6 is 0 Å². The Hall–Kier alpha value is -1.37. The topological polar surface area (TPSA) is 42.1 Å². The number of nitrogens with zero attached hydrogens (tertiary/aromatic N) is 2. The van der Waals surface area contributed by atoms with Gasteiger partial charge in [-0.2, -0.15) is 0 Å². The van der Waals surface area contributed by atoms with Crippen LogP contribution in [0.1, 0.15) is 24.6 Å². The summed E-state index contributed by atoms with van der Waals surface area (Å²) < 4.78 is 0. The molecule has 3 heteroatoms. The van der Waals surface area contributed by atoms with Crippen molar-refractivity contribution in [2.24, 2.45) is 5.73 Å². The highest BCUT2D eigenvalue weighted by molar-refractivity contribution is 5.13. The van der Waals surface area contributed by atoms with Gasteiger partial charge in [0, 0.05) is 19.3 Å². The van der Waals surface area contributed by atoms with Crippen molar-refractivity contribution in [3.63, 3.8) is 0 Å². The van der Waals surface area contributed by atoms with Gasteiger partial charge in [0.05, 0.1) is 12.2 Å². The van der Waals surface area contributed by atoms with Gasteiger partial charge >= 0.3 is 0 Å². The highest BCUT2D eigenvalue weighted by Gasteiger charge is 2.04. The molecule has 0 aromatic carbocycles. The van der Waals surface area contributed by atoms with Crippen LogP contribution in [0.3, 0.4) is 0 Å². The number of rotatable bonds is 6. The van der Waals surface area contributed by atoms with Gasteiger partial charge < -0.3 is 5.73 Å². The van der Waals surface area contributed by atoms with E-state index >= 15 is 0 Å². The predicted molar refractivity (Wildman–Crippen MR) is 66.5 cm³/mol. The first kappa shape index (κ1) is 12.7. The molecule has 1 rings (SSSR count). The molecule has 0 spiro atoms. The standard InChI is InChI=1S/C13H19N3/c1-3-7-16(8-4-2)11-13-6-5-12(9-14)10-15-13/h1,5-6,10H,4,7-9,11,14H2,2H3. The summed E-state index contributed by atoms with van der Waals surface area (Å²) in [6.07, 6.45) is 8.26. The number of pyridine rings is 1. The van der Waals surface area contributed by atoms with Gasteiger partial charge in [-0.15, -0.1) is 6.42 Å². The SMILES string of the molecule is C#CCN(CCC)Cc1ccc(CN)cn1. The minimum Gasteiger partial charge on any atom is -0.326 e. The molecule has 2 N–H and O–H groups in total. The van der Waals surface area contributed by atoms with Gasteiger partial charge in [0.2, 0.25) is 0 Å². The molecular weight excluding hydrogens is 198 g/mol. The Morgan fingerprint density at radius 3 is 2.81 bits per heavy atom. The summed E-state index contributed by atoms with van der Waals surface area (Å²) in [6, 6.07) is 4.03. The molecule has 3 nitrogen and oxygen atoms in total. The van der Waals surface area contributed by atoms with Gasteiger partial charge in [-0.25, -0.2) is 0 Å². The molecule has 1 aromatic heterocycles. The lowest BCUT2D eigenvalue weighted by Crippen LogP contribution is -2.24. The zero-order valence-corrected chi connectivity index (χ0v) is 9.82. The van der Waals surface area contributed by atoms with Crippen LogP contribution in [0.2, 0.25) is 0 Å². The third-order valence-electron chi connectivity index (χ3n) is 2.36. The number of aromatic nitrogens is 1. The van der Waals surface area contributed by atoms with Crippen molar-refractivity contribution >= 4 is 0 Å². The molecule has 86 valence electrons. The molecule has 1 heterocycles. The quantitative estimate of drug-likeness (QED) is 0.732. The van der Waals surface area contributed by atoms with Crippen molar-refractivity contribution in [1.82, 2.24) is 9.88 Å². The Balaban J connectivity index is 2.59. The van der Waals surface area contributed by atoms with E-state index in [2.05, 4.69) is 22.7 Å². The van der Waals surface area contributed by atoms with Gasteiger partial charge in [-0.05, 0) is 24.6 Å². The van der Waals surface area contributed by atoms with Crippen molar-refractivity contribution in [2.45, 2.75) is 26.4 Å². The number of hydrogen-bond acceptors (Lipinski definition) is 3. The summed E-state index contributed by atoms with van der Waals surface area (Å²) in [7, 11) is 0. The minimum absolute atomic E-state index is 0.538. The Morgan fingerprint density at radius 2 is 2.31 bits per heavy atom. The maximum atomic E-state index is 5.52. The molecule has 0 atom stereocenters. The molecule has 0 unspecified atom stereocenters. The maximum Gasteiger partial charge on any atom is 0.0602 e. The Kier molecular flexibility index (Phi) is 5.55. The monoisotopic (exact) mass is 217 g/mol. The molecule has 0 radical (unpaired) electrons. The van der Waals surface area contributed by atoms with Gasteiger partial charge in [0.1, 0.15) is 0 Å². The van der Waals surface area contributed by atoms with Crippen LogP contribution in [0.5, 0.6) is 0 Å². The zero-order chi connectivity index (χ0) is 11.8. The Morgan fingerprint density at radius 1 is 1.50 bits per heavy atom. The van der Waals surface area contributed by atoms with E-state index in [-0.39, 0.29) is 0 Å². The average Bonchev–Trinajstić information content (AvgIpc) is 2.31. The summed E-state index contributed by atoms with van der Waals surface area (Å²) >= 11 is 0. The van der Waals surface area contributed by atoms with E-state index < -0.39 is 0 Å². The first-order valence-electron chi connectivity index (χ1n) is 5.59. The highest BCUT2D eigenvalue weighted by Crippen LogP contribution is 2.04. The molecule has 16 heavy (non-hydrogen) atoms.